The molecule has 0 spiro atoms. The molecule has 0 unspecified atom stereocenters. The number of piperazine rings is 1. The molecule has 6 heteroatoms. The molecule has 2 aliphatic rings. The third kappa shape index (κ3) is 6.24. The van der Waals surface area contributed by atoms with Gasteiger partial charge in [0.05, 0.1) is 6.04 Å². The summed E-state index contributed by atoms with van der Waals surface area (Å²) in [6, 6.07) is 18.1. The fourth-order valence-electron chi connectivity index (χ4n) is 4.50. The van der Waals surface area contributed by atoms with Crippen LogP contribution in [0.2, 0.25) is 0 Å². The van der Waals surface area contributed by atoms with Gasteiger partial charge in [0.1, 0.15) is 12.4 Å². The molecular weight excluding hydrogens is 400 g/mol. The molecule has 0 aromatic heterocycles. The number of carbonyl (C=O) groups excluding carboxylic acids is 1. The van der Waals surface area contributed by atoms with Crippen molar-refractivity contribution >= 4 is 17.3 Å². The molecule has 32 heavy (non-hydrogen) atoms. The number of piperidine rings is 1. The van der Waals surface area contributed by atoms with Gasteiger partial charge in [-0.1, -0.05) is 18.2 Å². The van der Waals surface area contributed by atoms with Crippen molar-refractivity contribution in [3.05, 3.63) is 54.6 Å². The number of nitrogens with zero attached hydrogens (tertiary/aromatic N) is 3. The average molecular weight is 437 g/mol. The average Bonchev–Trinajstić information content (AvgIpc) is 2.86. The van der Waals surface area contributed by atoms with E-state index in [-0.39, 0.29) is 11.9 Å². The highest BCUT2D eigenvalue weighted by Gasteiger charge is 2.25. The highest BCUT2D eigenvalue weighted by molar-refractivity contribution is 5.94. The molecule has 2 fully saturated rings. The predicted molar refractivity (Wildman–Crippen MR) is 131 cm³/mol. The molecule has 4 rings (SSSR count). The molecule has 0 saturated carbocycles. The summed E-state index contributed by atoms with van der Waals surface area (Å²) in [4.78, 5) is 19.9. The first-order valence-electron chi connectivity index (χ1n) is 12.0. The molecule has 0 radical (unpaired) electrons. The second-order valence-electron chi connectivity index (χ2n) is 8.80. The Labute approximate surface area is 192 Å². The van der Waals surface area contributed by atoms with Crippen molar-refractivity contribution in [2.45, 2.75) is 32.2 Å². The van der Waals surface area contributed by atoms with E-state index < -0.39 is 0 Å². The first-order valence-corrected chi connectivity index (χ1v) is 12.0. The maximum atomic E-state index is 12.8. The van der Waals surface area contributed by atoms with Gasteiger partial charge >= 0.3 is 0 Å². The SMILES string of the molecule is C[C@@H](C(=O)Nc1ccc(N2CCCCC2)cc1)N1CCN(CCOc2ccccc2)CC1. The van der Waals surface area contributed by atoms with Crippen molar-refractivity contribution in [1.82, 2.24) is 9.80 Å². The predicted octanol–water partition coefficient (Wildman–Crippen LogP) is 3.70. The summed E-state index contributed by atoms with van der Waals surface area (Å²) in [6.45, 7) is 9.58. The van der Waals surface area contributed by atoms with E-state index in [1.807, 2.05) is 49.4 Å². The molecule has 2 aromatic rings. The van der Waals surface area contributed by atoms with Crippen LogP contribution in [0.25, 0.3) is 0 Å². The van der Waals surface area contributed by atoms with E-state index in [0.717, 1.165) is 57.3 Å². The molecule has 1 amide bonds. The van der Waals surface area contributed by atoms with Crippen LogP contribution in [0.5, 0.6) is 5.75 Å². The Hall–Kier alpha value is -2.57. The van der Waals surface area contributed by atoms with Crippen LogP contribution < -0.4 is 15.0 Å². The Balaban J connectivity index is 1.18. The number of hydrogen-bond acceptors (Lipinski definition) is 5. The van der Waals surface area contributed by atoms with Gasteiger partial charge in [0.25, 0.3) is 0 Å². The number of hydrogen-bond donors (Lipinski definition) is 1. The zero-order chi connectivity index (χ0) is 22.2. The summed E-state index contributed by atoms with van der Waals surface area (Å²) in [5.74, 6) is 0.983. The number of ether oxygens (including phenoxy) is 1. The number of anilines is 2. The van der Waals surface area contributed by atoms with E-state index >= 15 is 0 Å². The first kappa shape index (κ1) is 22.6. The number of rotatable bonds is 8. The summed E-state index contributed by atoms with van der Waals surface area (Å²) < 4.78 is 5.81. The van der Waals surface area contributed by atoms with E-state index in [0.29, 0.717) is 6.61 Å². The first-order chi connectivity index (χ1) is 15.7. The number of amides is 1. The lowest BCUT2D eigenvalue weighted by Crippen LogP contribution is -2.53. The lowest BCUT2D eigenvalue weighted by molar-refractivity contribution is -0.121. The molecule has 2 aliphatic heterocycles. The zero-order valence-corrected chi connectivity index (χ0v) is 19.2. The van der Waals surface area contributed by atoms with Crippen LogP contribution >= 0.6 is 0 Å². The second-order valence-corrected chi connectivity index (χ2v) is 8.80. The van der Waals surface area contributed by atoms with Gasteiger partial charge in [-0.2, -0.15) is 0 Å². The normalized spacial score (nSPS) is 18.8. The van der Waals surface area contributed by atoms with Crippen molar-refractivity contribution in [2.75, 3.05) is 62.6 Å². The third-order valence-electron chi connectivity index (χ3n) is 6.61. The van der Waals surface area contributed by atoms with Crippen molar-refractivity contribution in [3.8, 4) is 5.75 Å². The maximum Gasteiger partial charge on any atom is 0.241 e. The Kier molecular flexibility index (Phi) is 8.02. The van der Waals surface area contributed by atoms with Crippen molar-refractivity contribution in [3.63, 3.8) is 0 Å². The summed E-state index contributed by atoms with van der Waals surface area (Å²) in [7, 11) is 0. The summed E-state index contributed by atoms with van der Waals surface area (Å²) in [5, 5.41) is 3.10. The number of nitrogens with one attached hydrogen (secondary N) is 1. The van der Waals surface area contributed by atoms with E-state index in [9.17, 15) is 4.79 Å². The maximum absolute atomic E-state index is 12.8. The Bertz CT molecular complexity index is 829. The molecule has 2 aromatic carbocycles. The van der Waals surface area contributed by atoms with E-state index in [1.165, 1.54) is 24.9 Å². The third-order valence-corrected chi connectivity index (χ3v) is 6.61. The van der Waals surface area contributed by atoms with Crippen molar-refractivity contribution < 1.29 is 9.53 Å². The molecule has 2 saturated heterocycles. The molecule has 0 bridgehead atoms. The molecule has 0 aliphatic carbocycles. The van der Waals surface area contributed by atoms with E-state index in [1.54, 1.807) is 0 Å². The molecule has 6 nitrogen and oxygen atoms in total. The van der Waals surface area contributed by atoms with Crippen LogP contribution in [0.4, 0.5) is 11.4 Å². The van der Waals surface area contributed by atoms with Gasteiger partial charge in [0, 0.05) is 57.2 Å². The molecule has 2 heterocycles. The van der Waals surface area contributed by atoms with E-state index in [4.69, 9.17) is 4.74 Å². The van der Waals surface area contributed by atoms with Gasteiger partial charge in [-0.25, -0.2) is 0 Å². The lowest BCUT2D eigenvalue weighted by Gasteiger charge is -2.37. The number of carbonyl (C=O) groups is 1. The Morgan fingerprint density at radius 2 is 1.59 bits per heavy atom. The quantitative estimate of drug-likeness (QED) is 0.684. The van der Waals surface area contributed by atoms with Gasteiger partial charge < -0.3 is 15.0 Å². The molecule has 1 atom stereocenters. The van der Waals surface area contributed by atoms with Crippen LogP contribution in [-0.4, -0.2) is 74.2 Å². The minimum Gasteiger partial charge on any atom is -0.492 e. The monoisotopic (exact) mass is 436 g/mol. The van der Waals surface area contributed by atoms with Crippen LogP contribution in [-0.2, 0) is 4.79 Å². The van der Waals surface area contributed by atoms with Gasteiger partial charge in [-0.05, 0) is 62.6 Å². The van der Waals surface area contributed by atoms with Gasteiger partial charge in [-0.3, -0.25) is 14.6 Å². The minimum absolute atomic E-state index is 0.0663. The van der Waals surface area contributed by atoms with Crippen molar-refractivity contribution in [1.29, 1.82) is 0 Å². The van der Waals surface area contributed by atoms with Crippen LogP contribution in [0.1, 0.15) is 26.2 Å². The zero-order valence-electron chi connectivity index (χ0n) is 19.2. The van der Waals surface area contributed by atoms with E-state index in [2.05, 4.69) is 32.1 Å². The minimum atomic E-state index is -0.139. The van der Waals surface area contributed by atoms with Crippen molar-refractivity contribution in [2.24, 2.45) is 0 Å². The summed E-state index contributed by atoms with van der Waals surface area (Å²) in [5.41, 5.74) is 2.13. The van der Waals surface area contributed by atoms with Crippen LogP contribution in [0, 0.1) is 0 Å². The largest absolute Gasteiger partial charge is 0.492 e. The smallest absolute Gasteiger partial charge is 0.241 e. The molecular formula is C26H36N4O2. The number of benzene rings is 2. The fraction of sp³-hybridized carbons (Fsp3) is 0.500. The van der Waals surface area contributed by atoms with Gasteiger partial charge in [-0.15, -0.1) is 0 Å². The number of para-hydroxylation sites is 1. The highest BCUT2D eigenvalue weighted by Crippen LogP contribution is 2.22. The Morgan fingerprint density at radius 3 is 2.28 bits per heavy atom. The lowest BCUT2D eigenvalue weighted by atomic mass is 10.1. The standard InChI is InChI=1S/C26H36N4O2/c1-22(26(31)27-23-10-12-24(13-11-23)30-14-6-3-7-15-30)29-18-16-28(17-19-29)20-21-32-25-8-4-2-5-9-25/h2,4-5,8-13,22H,3,6-7,14-21H2,1H3,(H,27,31)/t22-/m0/s1. The van der Waals surface area contributed by atoms with Crippen LogP contribution in [0.3, 0.4) is 0 Å². The highest BCUT2D eigenvalue weighted by atomic mass is 16.5. The summed E-state index contributed by atoms with van der Waals surface area (Å²) in [6.07, 6.45) is 3.87. The van der Waals surface area contributed by atoms with Gasteiger partial charge in [0.15, 0.2) is 0 Å². The topological polar surface area (TPSA) is 48.1 Å². The van der Waals surface area contributed by atoms with Gasteiger partial charge in [0.2, 0.25) is 5.91 Å². The van der Waals surface area contributed by atoms with Crippen LogP contribution in [0.15, 0.2) is 54.6 Å². The Morgan fingerprint density at radius 1 is 0.906 bits per heavy atom. The second kappa shape index (κ2) is 11.3. The molecule has 1 N–H and O–H groups in total. The molecule has 172 valence electrons. The summed E-state index contributed by atoms with van der Waals surface area (Å²) >= 11 is 0. The fourth-order valence-corrected chi connectivity index (χ4v) is 4.50.